The van der Waals surface area contributed by atoms with Crippen LogP contribution in [0.1, 0.15) is 70.0 Å². The molecule has 6 unspecified atom stereocenters. The van der Waals surface area contributed by atoms with E-state index in [4.69, 9.17) is 117 Å². The minimum Gasteiger partial charge on any atom is -0.387 e. The number of H-pyrrole nitrogens is 1. The molecule has 30 atom stereocenters. The van der Waals surface area contributed by atoms with Crippen LogP contribution in [-0.4, -0.2) is 321 Å². The summed E-state index contributed by atoms with van der Waals surface area (Å²) in [5.41, 5.74) is 29.4. The first-order chi connectivity index (χ1) is 66.0. The maximum absolute atomic E-state index is 14.7. The zero-order chi connectivity index (χ0) is 101. The van der Waals surface area contributed by atoms with Gasteiger partial charge < -0.3 is 133 Å². The predicted molar refractivity (Wildman–Crippen MR) is 458 cm³/mol. The van der Waals surface area contributed by atoms with Crippen LogP contribution in [0, 0.1) is 0 Å². The average molecular weight is 2100 g/mol. The van der Waals surface area contributed by atoms with Crippen molar-refractivity contribution in [1.29, 1.82) is 0 Å². The van der Waals surface area contributed by atoms with Gasteiger partial charge in [0.2, 0.25) is 11.9 Å². The number of anilines is 6. The number of aliphatic hydroxyl groups excluding tert-OH is 7. The second-order valence-electron chi connectivity index (χ2n) is 31.6. The molecule has 140 heavy (non-hydrogen) atoms. The lowest BCUT2D eigenvalue weighted by molar-refractivity contribution is -0.117. The lowest BCUT2D eigenvalue weighted by Gasteiger charge is -2.27. The van der Waals surface area contributed by atoms with Crippen LogP contribution in [0.5, 0.6) is 0 Å². The van der Waals surface area contributed by atoms with E-state index in [0.29, 0.717) is 40.5 Å². The van der Waals surface area contributed by atoms with Gasteiger partial charge in [-0.15, -0.1) is 0 Å². The third-order valence-electron chi connectivity index (χ3n) is 22.0. The molecule has 0 radical (unpaired) electrons. The number of aromatic nitrogens is 18. The van der Waals surface area contributed by atoms with E-state index in [-0.39, 0.29) is 70.4 Å². The molecule has 6 aliphatic heterocycles. The number of nitrogens with zero attached hydrogens (tertiary/aromatic N) is 17. The highest BCUT2D eigenvalue weighted by Gasteiger charge is 2.58. The van der Waals surface area contributed by atoms with Gasteiger partial charge in [-0.05, 0) is 38.0 Å². The molecule has 15 rings (SSSR count). The Morgan fingerprint density at radius 3 is 1.05 bits per heavy atom. The molecule has 15 heterocycles. The standard InChI is InChI=1S/C67H91N25O42P6/c1-26(2)56(100)74-10-5-3-4-6-14-117-135(105,106)118-16-28-48(43(97)61(127-28)90-23-79-36-51(71)75-21-77-53(36)90)132-138(111,112)120-18-30-47(42(96)60(126-30)89-13-9-35(70)84-67(89)104)131-137(109,110)122-19-31-49(44(98)62(128-31)91-24-80-37-52(72)76-22-78-54(37)91)133-140(115,116)123-20-32-50(45(99)63(129-32)92-25-81-38-55(92)85-64(73)86-57(38)101)134-139(113,114)121-17-29-46(41(95)59(125-29)88-12-8-34(69)83-66(88)103)130-136(107,108)119-15-27-39(93)40(94)58(124-27)87-11-7-33(68)82-65(87)102/h7-9,11-13,21-25,27-32,39-50,58-63,93-99H,1,3-6,10,14-20H2,2H3,(H,74,100)(H,105,106)(H,107,108)(H,109,110)(H,111,112)(H,113,114)(H,115,116)(H2,68,82,102)(H2,69,83,103)(H2,70,84,104)(H2,71,75,77)(H2,72,76,78)(H3,73,85,86,101)/t27-,28-,29-,30-,31-,32-,39-,40-,41-,42-,43-,44-,45-,46-,47-,48-,49-,50-,58-,59-,60-,61-,62-,63-/m1/s1. The fourth-order valence-corrected chi connectivity index (χ4v) is 20.9. The highest BCUT2D eigenvalue weighted by atomic mass is 31.2. The maximum Gasteiger partial charge on any atom is 0.472 e. The Bertz CT molecular complexity index is 6620. The Kier molecular flexibility index (Phi) is 31.6. The van der Waals surface area contributed by atoms with Crippen LogP contribution in [-0.2, 0) is 115 Å². The summed E-state index contributed by atoms with van der Waals surface area (Å²) in [4.78, 5) is 178. The molecular formula is C67H91N25O42P6. The van der Waals surface area contributed by atoms with Gasteiger partial charge in [-0.25, -0.2) is 76.7 Å². The van der Waals surface area contributed by atoms with E-state index >= 15 is 0 Å². The molecule has 27 N–H and O–H groups in total. The smallest absolute Gasteiger partial charge is 0.387 e. The number of nitrogens with one attached hydrogen (secondary N) is 2. The number of aromatic amines is 1. The average Bonchev–Trinajstić information content (AvgIpc) is 1.60. The predicted octanol–water partition coefficient (Wildman–Crippen LogP) is -6.13. The second-order valence-corrected chi connectivity index (χ2v) is 40.1. The number of amides is 1. The van der Waals surface area contributed by atoms with Crippen LogP contribution in [0.25, 0.3) is 33.5 Å². The molecule has 0 bridgehead atoms. The lowest BCUT2D eigenvalue weighted by atomic mass is 10.1. The van der Waals surface area contributed by atoms with Gasteiger partial charge in [0.25, 0.3) is 5.56 Å². The summed E-state index contributed by atoms with van der Waals surface area (Å²) >= 11 is 0. The molecular weight excluding hydrogens is 2010 g/mol. The molecule has 6 fully saturated rings. The fourth-order valence-electron chi connectivity index (χ4n) is 15.3. The number of rotatable bonds is 43. The number of aliphatic hydroxyl groups is 7. The number of carbonyl (C=O) groups excluding carboxylic acids is 1. The molecule has 67 nitrogen and oxygen atoms in total. The summed E-state index contributed by atoms with van der Waals surface area (Å²) in [6, 6.07) is 3.23. The number of unbranched alkanes of at least 4 members (excludes halogenated alkanes) is 3. The number of nitrogen functional groups attached to an aromatic ring is 6. The Morgan fingerprint density at radius 2 is 0.700 bits per heavy atom. The molecule has 6 aliphatic rings. The molecule has 73 heteroatoms. The Hall–Kier alpha value is -9.76. The van der Waals surface area contributed by atoms with E-state index in [0.717, 1.165) is 86.7 Å². The molecule has 1 amide bonds. The van der Waals surface area contributed by atoms with Crippen molar-refractivity contribution in [1.82, 2.24) is 92.5 Å². The van der Waals surface area contributed by atoms with Gasteiger partial charge in [0.1, 0.15) is 151 Å². The zero-order valence-corrected chi connectivity index (χ0v) is 77.2. The first kappa shape index (κ1) is 105. The van der Waals surface area contributed by atoms with Gasteiger partial charge in [-0.3, -0.25) is 96.3 Å². The van der Waals surface area contributed by atoms with Crippen molar-refractivity contribution in [2.45, 2.75) is 180 Å². The fraction of sp³-hybridized carbons (Fsp3) is 0.552. The molecule has 0 spiro atoms. The van der Waals surface area contributed by atoms with Gasteiger partial charge in [0.15, 0.2) is 71.5 Å². The van der Waals surface area contributed by atoms with Crippen LogP contribution in [0.15, 0.2) is 99.8 Å². The van der Waals surface area contributed by atoms with E-state index in [1.807, 2.05) is 0 Å². The molecule has 0 aliphatic carbocycles. The van der Waals surface area contributed by atoms with Crippen molar-refractivity contribution < 1.29 is 180 Å². The first-order valence-electron chi connectivity index (χ1n) is 41.2. The number of carbonyl (C=O) groups is 1. The number of phosphoric acid groups is 6. The van der Waals surface area contributed by atoms with E-state index in [1.54, 1.807) is 0 Å². The van der Waals surface area contributed by atoms with E-state index in [1.165, 1.54) is 6.92 Å². The highest BCUT2D eigenvalue weighted by molar-refractivity contribution is 7.48. The minimum absolute atomic E-state index is 0.0196. The van der Waals surface area contributed by atoms with Crippen molar-refractivity contribution in [3.8, 4) is 0 Å². The number of nitrogens with two attached hydrogens (primary N) is 6. The molecule has 9 aromatic rings. The van der Waals surface area contributed by atoms with Crippen molar-refractivity contribution in [2.75, 3.05) is 87.2 Å². The van der Waals surface area contributed by atoms with Gasteiger partial charge >= 0.3 is 64.0 Å². The van der Waals surface area contributed by atoms with Crippen molar-refractivity contribution in [3.05, 3.63) is 122 Å². The number of hydrogen-bond donors (Lipinski definition) is 21. The Labute approximate surface area is 780 Å². The molecule has 0 aromatic carbocycles. The first-order valence-corrected chi connectivity index (χ1v) is 50.2. The highest BCUT2D eigenvalue weighted by Crippen LogP contribution is 2.58. The SMILES string of the molecule is C=C(C)C(=O)NCCCCCCOP(=O)(O)OC[C@H]1O[C@@H](n2cnc3c(N)ncnc32)[C@H](O)[C@@H]1OP(=O)(O)OC[C@H]1O[C@@H](n2ccc(N)nc2=O)[C@H](O)[C@@H]1OP(=O)(O)OC[C@H]1O[C@@H](n2cnc3c(N)ncnc32)[C@H](O)[C@@H]1OP(=O)(O)OC[C@H]1O[C@@H](n2cnc3c(=O)[nH]c(N)nc32)[C@H](O)[C@@H]1OP(=O)(O)OC[C@H]1O[C@@H](n2ccc(N)nc2=O)[C@H](O)[C@@H]1OP(=O)(O)OC[C@H]1O[C@@H](n2ccc(N)nc2=O)[C@H](O)[C@@H]1O. The summed E-state index contributed by atoms with van der Waals surface area (Å²) in [6.45, 7) is -2.80. The van der Waals surface area contributed by atoms with Crippen LogP contribution < -0.4 is 62.3 Å². The molecule has 0 saturated carbocycles. The van der Waals surface area contributed by atoms with Crippen molar-refractivity contribution in [2.24, 2.45) is 0 Å². The van der Waals surface area contributed by atoms with Crippen molar-refractivity contribution >= 4 is 121 Å². The van der Waals surface area contributed by atoms with E-state index < -0.39 is 274 Å². The van der Waals surface area contributed by atoms with E-state index in [9.17, 15) is 116 Å². The largest absolute Gasteiger partial charge is 0.472 e. The monoisotopic (exact) mass is 2100 g/mol. The second kappa shape index (κ2) is 42.3. The normalized spacial score (nSPS) is 30.7. The van der Waals surface area contributed by atoms with Crippen LogP contribution in [0.2, 0.25) is 0 Å². The Morgan fingerprint density at radius 1 is 0.393 bits per heavy atom. The lowest BCUT2D eigenvalue weighted by Crippen LogP contribution is -2.39. The summed E-state index contributed by atoms with van der Waals surface area (Å²) in [6.07, 6.45) is -41.1. The third-order valence-corrected chi connectivity index (χ3v) is 27.9. The topological polar surface area (TPSA) is 972 Å². The zero-order valence-electron chi connectivity index (χ0n) is 71.8. The molecule has 6 saturated heterocycles. The number of fused-ring (bicyclic) bond motifs is 3. The van der Waals surface area contributed by atoms with Crippen molar-refractivity contribution in [3.63, 3.8) is 0 Å². The number of hydrogen-bond acceptors (Lipinski definition) is 53. The van der Waals surface area contributed by atoms with Gasteiger partial charge in [-0.1, -0.05) is 19.4 Å². The van der Waals surface area contributed by atoms with Gasteiger partial charge in [0.05, 0.1) is 65.2 Å². The minimum atomic E-state index is -6.05. The summed E-state index contributed by atoms with van der Waals surface area (Å²) in [7, 11) is -34.6. The number of ether oxygens (including phenoxy) is 6. The number of phosphoric ester groups is 6. The van der Waals surface area contributed by atoms with Crippen LogP contribution in [0.4, 0.5) is 35.0 Å². The number of imidazole rings is 3. The molecule has 9 aromatic heterocycles. The van der Waals surface area contributed by atoms with Crippen LogP contribution >= 0.6 is 46.9 Å². The summed E-state index contributed by atoms with van der Waals surface area (Å²) in [5.74, 6) is -2.22. The summed E-state index contributed by atoms with van der Waals surface area (Å²) in [5, 5.41) is 84.4. The third kappa shape index (κ3) is 23.5. The summed E-state index contributed by atoms with van der Waals surface area (Å²) < 4.78 is 190. The quantitative estimate of drug-likeness (QED) is 0.00961. The maximum atomic E-state index is 14.7. The van der Waals surface area contributed by atoms with E-state index in [2.05, 4.69) is 71.7 Å². The van der Waals surface area contributed by atoms with Gasteiger partial charge in [0, 0.05) is 30.7 Å². The van der Waals surface area contributed by atoms with Crippen LogP contribution in [0.3, 0.4) is 0 Å². The molecule has 766 valence electrons. The Balaban J connectivity index is 0.649. The van der Waals surface area contributed by atoms with Gasteiger partial charge in [-0.2, -0.15) is 19.9 Å².